The van der Waals surface area contributed by atoms with E-state index in [1.54, 1.807) is 17.0 Å². The third-order valence-electron chi connectivity index (χ3n) is 3.99. The molecule has 7 heteroatoms. The second-order valence-electron chi connectivity index (χ2n) is 6.27. The molecule has 0 spiro atoms. The zero-order valence-corrected chi connectivity index (χ0v) is 13.1. The first-order valence-corrected chi connectivity index (χ1v) is 7.57. The molecule has 0 radical (unpaired) electrons. The first kappa shape index (κ1) is 15.3. The molecule has 1 atom stereocenters. The van der Waals surface area contributed by atoms with Gasteiger partial charge >= 0.3 is 6.09 Å². The molecule has 2 aliphatic heterocycles. The Morgan fingerprint density at radius 1 is 1.39 bits per heavy atom. The summed E-state index contributed by atoms with van der Waals surface area (Å²) in [4.78, 5) is 38.4. The monoisotopic (exact) mass is 317 g/mol. The maximum Gasteiger partial charge on any atom is 0.415 e. The van der Waals surface area contributed by atoms with Crippen molar-refractivity contribution >= 4 is 29.3 Å². The molecule has 3 amide bonds. The zero-order valence-electron chi connectivity index (χ0n) is 13.1. The Kier molecular flexibility index (Phi) is 3.71. The van der Waals surface area contributed by atoms with Gasteiger partial charge in [-0.3, -0.25) is 14.5 Å². The molecule has 0 saturated carbocycles. The fourth-order valence-corrected chi connectivity index (χ4v) is 2.92. The van der Waals surface area contributed by atoms with Crippen molar-refractivity contribution in [2.24, 2.45) is 11.7 Å². The van der Waals surface area contributed by atoms with Crippen molar-refractivity contribution in [2.75, 3.05) is 22.9 Å². The molecule has 122 valence electrons. The predicted octanol–water partition coefficient (Wildman–Crippen LogP) is 1.04. The molecule has 1 aromatic rings. The van der Waals surface area contributed by atoms with E-state index >= 15 is 0 Å². The lowest BCUT2D eigenvalue weighted by Crippen LogP contribution is -2.32. The van der Waals surface area contributed by atoms with Crippen molar-refractivity contribution in [3.8, 4) is 0 Å². The van der Waals surface area contributed by atoms with E-state index in [1.165, 1.54) is 4.90 Å². The van der Waals surface area contributed by atoms with Crippen molar-refractivity contribution < 1.29 is 19.1 Å². The van der Waals surface area contributed by atoms with E-state index in [0.29, 0.717) is 24.6 Å². The predicted molar refractivity (Wildman–Crippen MR) is 84.1 cm³/mol. The van der Waals surface area contributed by atoms with Crippen molar-refractivity contribution in [3.05, 3.63) is 23.8 Å². The van der Waals surface area contributed by atoms with Crippen LogP contribution in [-0.2, 0) is 20.7 Å². The normalized spacial score (nSPS) is 20.2. The Labute approximate surface area is 134 Å². The van der Waals surface area contributed by atoms with Gasteiger partial charge in [-0.05, 0) is 29.7 Å². The van der Waals surface area contributed by atoms with Gasteiger partial charge in [-0.2, -0.15) is 0 Å². The summed E-state index contributed by atoms with van der Waals surface area (Å²) in [7, 11) is 0. The number of ether oxygens (including phenoxy) is 1. The first-order valence-electron chi connectivity index (χ1n) is 7.57. The molecule has 0 bridgehead atoms. The number of nitrogens with two attached hydrogens (primary N) is 1. The van der Waals surface area contributed by atoms with Gasteiger partial charge in [0.25, 0.3) is 5.91 Å². The molecule has 1 fully saturated rings. The molecule has 0 unspecified atom stereocenters. The van der Waals surface area contributed by atoms with Gasteiger partial charge in [-0.15, -0.1) is 0 Å². The number of amides is 3. The number of primary amides is 1. The van der Waals surface area contributed by atoms with Crippen LogP contribution in [0.1, 0.15) is 19.4 Å². The minimum absolute atomic E-state index is 0.0601. The molecule has 2 N–H and O–H groups in total. The Hall–Kier alpha value is -2.57. The Morgan fingerprint density at radius 2 is 2.13 bits per heavy atom. The second-order valence-corrected chi connectivity index (χ2v) is 6.27. The van der Waals surface area contributed by atoms with Gasteiger partial charge < -0.3 is 15.4 Å². The third-order valence-corrected chi connectivity index (χ3v) is 3.99. The van der Waals surface area contributed by atoms with Gasteiger partial charge in [0.1, 0.15) is 0 Å². The van der Waals surface area contributed by atoms with Crippen LogP contribution in [0.15, 0.2) is 18.2 Å². The zero-order chi connectivity index (χ0) is 16.7. The summed E-state index contributed by atoms with van der Waals surface area (Å²) >= 11 is 0. The molecule has 1 saturated heterocycles. The Balaban J connectivity index is 1.86. The van der Waals surface area contributed by atoms with Crippen LogP contribution in [0.5, 0.6) is 0 Å². The molecule has 2 heterocycles. The SMILES string of the molecule is CC(C)CN1C(=O)Cc2cc(N3C[C@H](C(N)=O)OC3=O)ccc21. The van der Waals surface area contributed by atoms with Gasteiger partial charge in [-0.25, -0.2) is 4.79 Å². The largest absolute Gasteiger partial charge is 0.434 e. The molecule has 0 aromatic heterocycles. The summed E-state index contributed by atoms with van der Waals surface area (Å²) in [5, 5.41) is 0. The van der Waals surface area contributed by atoms with E-state index in [4.69, 9.17) is 10.5 Å². The summed E-state index contributed by atoms with van der Waals surface area (Å²) in [5.41, 5.74) is 7.55. The van der Waals surface area contributed by atoms with E-state index < -0.39 is 18.1 Å². The van der Waals surface area contributed by atoms with E-state index in [-0.39, 0.29) is 12.5 Å². The van der Waals surface area contributed by atoms with Crippen LogP contribution in [0, 0.1) is 5.92 Å². The highest BCUT2D eigenvalue weighted by Crippen LogP contribution is 2.34. The van der Waals surface area contributed by atoms with Gasteiger partial charge in [0.2, 0.25) is 5.91 Å². The number of benzene rings is 1. The van der Waals surface area contributed by atoms with E-state index in [1.807, 2.05) is 6.07 Å². The smallest absolute Gasteiger partial charge is 0.415 e. The molecule has 2 aliphatic rings. The maximum absolute atomic E-state index is 12.2. The lowest BCUT2D eigenvalue weighted by molar-refractivity contribution is -0.124. The number of anilines is 2. The first-order chi connectivity index (χ1) is 10.9. The summed E-state index contributed by atoms with van der Waals surface area (Å²) in [6, 6.07) is 5.40. The summed E-state index contributed by atoms with van der Waals surface area (Å²) in [6.07, 6.45) is -1.22. The van der Waals surface area contributed by atoms with Crippen LogP contribution in [0.2, 0.25) is 0 Å². The van der Waals surface area contributed by atoms with E-state index in [2.05, 4.69) is 13.8 Å². The highest BCUT2D eigenvalue weighted by molar-refractivity contribution is 6.02. The Bertz CT molecular complexity index is 686. The number of carbonyl (C=O) groups excluding carboxylic acids is 3. The number of fused-ring (bicyclic) bond motifs is 1. The lowest BCUT2D eigenvalue weighted by Gasteiger charge is -2.20. The molecule has 3 rings (SSSR count). The van der Waals surface area contributed by atoms with Gasteiger partial charge in [0.15, 0.2) is 6.10 Å². The molecule has 0 aliphatic carbocycles. The number of cyclic esters (lactones) is 1. The van der Waals surface area contributed by atoms with Crippen LogP contribution in [0.3, 0.4) is 0 Å². The number of nitrogens with zero attached hydrogens (tertiary/aromatic N) is 2. The fraction of sp³-hybridized carbons (Fsp3) is 0.438. The summed E-state index contributed by atoms with van der Waals surface area (Å²) < 4.78 is 4.94. The van der Waals surface area contributed by atoms with E-state index in [0.717, 1.165) is 11.3 Å². The molecule has 23 heavy (non-hydrogen) atoms. The van der Waals surface area contributed by atoms with Crippen LogP contribution in [0.4, 0.5) is 16.2 Å². The summed E-state index contributed by atoms with van der Waals surface area (Å²) in [6.45, 7) is 4.88. The number of carbonyl (C=O) groups is 3. The van der Waals surface area contributed by atoms with Crippen LogP contribution in [0.25, 0.3) is 0 Å². The van der Waals surface area contributed by atoms with Crippen molar-refractivity contribution in [1.82, 2.24) is 0 Å². The van der Waals surface area contributed by atoms with Crippen LogP contribution < -0.4 is 15.5 Å². The minimum atomic E-state index is -0.935. The fourth-order valence-electron chi connectivity index (χ4n) is 2.92. The maximum atomic E-state index is 12.2. The van der Waals surface area contributed by atoms with Gasteiger partial charge in [0.05, 0.1) is 13.0 Å². The van der Waals surface area contributed by atoms with Crippen molar-refractivity contribution in [3.63, 3.8) is 0 Å². The molecule has 7 nitrogen and oxygen atoms in total. The van der Waals surface area contributed by atoms with E-state index in [9.17, 15) is 14.4 Å². The standard InChI is InChI=1S/C16H19N3O4/c1-9(2)7-19-12-4-3-11(5-10(12)6-14(19)20)18-8-13(15(17)21)23-16(18)22/h3-5,9,13H,6-8H2,1-2H3,(H2,17,21)/t13-/m1/s1. The molecule has 1 aromatic carbocycles. The number of hydrogen-bond acceptors (Lipinski definition) is 4. The summed E-state index contributed by atoms with van der Waals surface area (Å²) in [5.74, 6) is -0.236. The average Bonchev–Trinajstić information content (AvgIpc) is 2.99. The second kappa shape index (κ2) is 5.57. The highest BCUT2D eigenvalue weighted by Gasteiger charge is 2.37. The quantitative estimate of drug-likeness (QED) is 0.898. The molecular formula is C16H19N3O4. The van der Waals surface area contributed by atoms with Gasteiger partial charge in [0, 0.05) is 17.9 Å². The van der Waals surface area contributed by atoms with Crippen molar-refractivity contribution in [1.29, 1.82) is 0 Å². The third kappa shape index (κ3) is 2.74. The van der Waals surface area contributed by atoms with Crippen LogP contribution >= 0.6 is 0 Å². The number of rotatable bonds is 4. The topological polar surface area (TPSA) is 92.9 Å². The lowest BCUT2D eigenvalue weighted by atomic mass is 10.1. The number of hydrogen-bond donors (Lipinski definition) is 1. The highest BCUT2D eigenvalue weighted by atomic mass is 16.6. The Morgan fingerprint density at radius 3 is 2.74 bits per heavy atom. The van der Waals surface area contributed by atoms with Crippen LogP contribution in [-0.4, -0.2) is 37.1 Å². The van der Waals surface area contributed by atoms with Gasteiger partial charge in [-0.1, -0.05) is 13.8 Å². The molecular weight excluding hydrogens is 298 g/mol. The van der Waals surface area contributed by atoms with Crippen molar-refractivity contribution in [2.45, 2.75) is 26.4 Å². The average molecular weight is 317 g/mol. The minimum Gasteiger partial charge on any atom is -0.434 e.